The summed E-state index contributed by atoms with van der Waals surface area (Å²) in [4.78, 5) is 49.9. The maximum Gasteiger partial charge on any atom is 0.419 e. The van der Waals surface area contributed by atoms with E-state index in [4.69, 9.17) is 20.8 Å². The van der Waals surface area contributed by atoms with Gasteiger partial charge in [0, 0.05) is 0 Å². The summed E-state index contributed by atoms with van der Waals surface area (Å²) in [5, 5.41) is 1.66. The molecule has 6 rings (SSSR count). The molecular weight excluding hydrogens is 718 g/mol. The smallest absolute Gasteiger partial charge is 0.419 e. The minimum Gasteiger partial charge on any atom is -0.493 e. The predicted octanol–water partition coefficient (Wildman–Crippen LogP) is 10.1. The number of nitrogens with zero attached hydrogens (tertiary/aromatic N) is 1. The van der Waals surface area contributed by atoms with Crippen LogP contribution in [-0.2, 0) is 20.6 Å². The van der Waals surface area contributed by atoms with E-state index in [2.05, 4.69) is 10.2 Å². The number of carbonyl (C=O) groups is 4. The van der Waals surface area contributed by atoms with Gasteiger partial charge in [-0.3, -0.25) is 24.5 Å². The quantitative estimate of drug-likeness (QED) is 0.112. The maximum absolute atomic E-state index is 13.1. The fourth-order valence-electron chi connectivity index (χ4n) is 4.85. The van der Waals surface area contributed by atoms with Gasteiger partial charge in [-0.05, 0) is 120 Å². The Hall–Kier alpha value is -5.78. The van der Waals surface area contributed by atoms with Gasteiger partial charge in [-0.1, -0.05) is 30.3 Å². The van der Waals surface area contributed by atoms with Gasteiger partial charge in [0.2, 0.25) is 5.12 Å². The normalized spacial score (nSPS) is 15.6. The zero-order valence-corrected chi connectivity index (χ0v) is 29.3. The number of allylic oxidation sites excluding steroid dienone is 1. The van der Waals surface area contributed by atoms with Crippen molar-refractivity contribution < 1.29 is 46.6 Å². The lowest BCUT2D eigenvalue weighted by molar-refractivity contribution is -0.138. The SMILES string of the molecule is COc1cc(/C=C2\SC(=O)CC2=O)ccc1Oc1ccccc1C(F)(F)F.[C-]#[N+]c1ccc(Oc2ccc(/C=C3\SC(=O)NC3=O)cc2C)c(C)c1. The van der Waals surface area contributed by atoms with Crippen molar-refractivity contribution in [2.75, 3.05) is 7.11 Å². The second-order valence-electron chi connectivity index (χ2n) is 11.1. The first-order chi connectivity index (χ1) is 24.7. The molecule has 1 N–H and O–H groups in total. The number of aryl methyl sites for hydroxylation is 2. The van der Waals surface area contributed by atoms with Gasteiger partial charge < -0.3 is 14.2 Å². The molecule has 0 spiro atoms. The van der Waals surface area contributed by atoms with Crippen LogP contribution in [0.25, 0.3) is 17.0 Å². The van der Waals surface area contributed by atoms with Crippen molar-refractivity contribution in [3.8, 4) is 28.7 Å². The number of nitrogens with one attached hydrogen (secondary N) is 1. The number of hydrogen-bond acceptors (Lipinski definition) is 9. The summed E-state index contributed by atoms with van der Waals surface area (Å²) in [6.45, 7) is 10.8. The number of hydrogen-bond donors (Lipinski definition) is 1. The second kappa shape index (κ2) is 16.1. The summed E-state index contributed by atoms with van der Waals surface area (Å²) in [6, 6.07) is 20.2. The molecule has 9 nitrogen and oxygen atoms in total. The number of Topliss-reactive ketones (excluding diaryl/α,β-unsaturated/α-hetero) is 1. The van der Waals surface area contributed by atoms with Crippen LogP contribution in [0.5, 0.6) is 28.7 Å². The van der Waals surface area contributed by atoms with E-state index in [9.17, 15) is 32.3 Å². The summed E-state index contributed by atoms with van der Waals surface area (Å²) in [6.07, 6.45) is -1.48. The van der Waals surface area contributed by atoms with Gasteiger partial charge >= 0.3 is 6.18 Å². The number of methoxy groups -OCH3 is 1. The molecule has 2 aliphatic heterocycles. The van der Waals surface area contributed by atoms with Crippen LogP contribution in [0.15, 0.2) is 88.7 Å². The van der Waals surface area contributed by atoms with E-state index in [1.54, 1.807) is 30.3 Å². The third kappa shape index (κ3) is 9.30. The van der Waals surface area contributed by atoms with E-state index < -0.39 is 11.7 Å². The Balaban J connectivity index is 0.000000202. The molecule has 4 aromatic rings. The topological polar surface area (TPSA) is 112 Å². The second-order valence-corrected chi connectivity index (χ2v) is 13.2. The lowest BCUT2D eigenvalue weighted by atomic mass is 10.1. The van der Waals surface area contributed by atoms with Crippen LogP contribution in [0.2, 0.25) is 0 Å². The molecule has 0 bridgehead atoms. The number of alkyl halides is 3. The lowest BCUT2D eigenvalue weighted by Crippen LogP contribution is -2.17. The van der Waals surface area contributed by atoms with Gasteiger partial charge in [0.05, 0.1) is 35.5 Å². The molecule has 0 atom stereocenters. The fraction of sp³-hybridized carbons (Fsp3) is 0.132. The number of thioether (sulfide) groups is 2. The highest BCUT2D eigenvalue weighted by molar-refractivity contribution is 8.18. The number of amides is 2. The molecule has 0 radical (unpaired) electrons. The number of benzene rings is 4. The monoisotopic (exact) mass is 744 g/mol. The Morgan fingerprint density at radius 1 is 0.750 bits per heavy atom. The minimum atomic E-state index is -4.55. The Bertz CT molecular complexity index is 2210. The molecule has 0 unspecified atom stereocenters. The van der Waals surface area contributed by atoms with Crippen molar-refractivity contribution in [2.45, 2.75) is 26.4 Å². The average Bonchev–Trinajstić information content (AvgIpc) is 3.59. The molecule has 0 saturated carbocycles. The number of para-hydroxylation sites is 1. The van der Waals surface area contributed by atoms with Crippen LogP contribution in [-0.4, -0.2) is 29.2 Å². The third-order valence-electron chi connectivity index (χ3n) is 7.35. The van der Waals surface area contributed by atoms with Crippen molar-refractivity contribution in [1.82, 2.24) is 5.32 Å². The Morgan fingerprint density at radius 3 is 1.94 bits per heavy atom. The zero-order valence-electron chi connectivity index (χ0n) is 27.6. The summed E-state index contributed by atoms with van der Waals surface area (Å²) >= 11 is 1.76. The molecule has 2 amide bonds. The summed E-state index contributed by atoms with van der Waals surface area (Å²) in [5.41, 5.74) is 2.84. The number of imide groups is 1. The number of carbonyl (C=O) groups excluding carboxylic acids is 4. The summed E-state index contributed by atoms with van der Waals surface area (Å²) in [5.74, 6) is 0.702. The van der Waals surface area contributed by atoms with Crippen LogP contribution in [0.4, 0.5) is 23.7 Å². The summed E-state index contributed by atoms with van der Waals surface area (Å²) in [7, 11) is 1.35. The Labute approximate surface area is 304 Å². The van der Waals surface area contributed by atoms with Crippen LogP contribution in [0.3, 0.4) is 0 Å². The van der Waals surface area contributed by atoms with Gasteiger partial charge in [-0.15, -0.1) is 0 Å². The van der Waals surface area contributed by atoms with Crippen molar-refractivity contribution in [3.63, 3.8) is 0 Å². The first-order valence-electron chi connectivity index (χ1n) is 15.2. The van der Waals surface area contributed by atoms with Crippen LogP contribution < -0.4 is 19.5 Å². The van der Waals surface area contributed by atoms with E-state index in [1.165, 1.54) is 43.5 Å². The Kier molecular flexibility index (Phi) is 11.6. The molecule has 0 aliphatic carbocycles. The molecule has 52 heavy (non-hydrogen) atoms. The van der Waals surface area contributed by atoms with E-state index in [1.807, 2.05) is 32.0 Å². The van der Waals surface area contributed by atoms with Gasteiger partial charge in [0.25, 0.3) is 11.1 Å². The van der Waals surface area contributed by atoms with Crippen molar-refractivity contribution in [1.29, 1.82) is 0 Å². The van der Waals surface area contributed by atoms with E-state index in [-0.39, 0.29) is 45.7 Å². The first-order valence-corrected chi connectivity index (χ1v) is 16.9. The van der Waals surface area contributed by atoms with E-state index >= 15 is 0 Å². The van der Waals surface area contributed by atoms with Gasteiger partial charge in [0.15, 0.2) is 23.0 Å². The Morgan fingerprint density at radius 2 is 1.37 bits per heavy atom. The van der Waals surface area contributed by atoms with Crippen LogP contribution >= 0.6 is 23.5 Å². The van der Waals surface area contributed by atoms with Crippen molar-refractivity contribution >= 4 is 63.4 Å². The summed E-state index contributed by atoms with van der Waals surface area (Å²) < 4.78 is 55.9. The molecular formula is C38H27F3N2O7S2. The zero-order chi connectivity index (χ0) is 37.6. The van der Waals surface area contributed by atoms with Crippen LogP contribution in [0.1, 0.15) is 34.2 Å². The number of ketones is 1. The molecule has 264 valence electrons. The molecule has 14 heteroatoms. The lowest BCUT2D eigenvalue weighted by Gasteiger charge is -2.15. The average molecular weight is 745 g/mol. The molecule has 2 saturated heterocycles. The van der Waals surface area contributed by atoms with E-state index in [0.29, 0.717) is 32.6 Å². The number of ether oxygens (including phenoxy) is 3. The fourth-order valence-corrected chi connectivity index (χ4v) is 6.36. The predicted molar refractivity (Wildman–Crippen MR) is 193 cm³/mol. The van der Waals surface area contributed by atoms with Crippen molar-refractivity contribution in [2.24, 2.45) is 0 Å². The van der Waals surface area contributed by atoms with E-state index in [0.717, 1.165) is 46.3 Å². The molecule has 4 aromatic carbocycles. The standard InChI is InChI=1S/C19H13F3O4S.C19H14N2O3S/c1-25-16-8-11(9-17-13(23)10-18(24)27-17)6-7-15(16)26-14-5-3-2-4-12(14)19(20,21)22;1-11-8-13(10-17-18(22)21-19(23)25-17)4-6-15(11)24-16-7-5-14(20-3)9-12(16)2/h2-9H,10H2,1H3;4-10H,1-2H3,(H,21,22,23)/b17-9-;17-10-. The van der Waals surface area contributed by atoms with Crippen LogP contribution in [0, 0.1) is 20.4 Å². The highest BCUT2D eigenvalue weighted by Crippen LogP contribution is 2.41. The molecule has 2 aliphatic rings. The molecule has 2 fully saturated rings. The molecule has 0 aromatic heterocycles. The van der Waals surface area contributed by atoms with Gasteiger partial charge in [-0.2, -0.15) is 13.2 Å². The highest BCUT2D eigenvalue weighted by atomic mass is 32.2. The van der Waals surface area contributed by atoms with Gasteiger partial charge in [0.1, 0.15) is 17.2 Å². The number of halogens is 3. The largest absolute Gasteiger partial charge is 0.493 e. The molecule has 2 heterocycles. The third-order valence-corrected chi connectivity index (χ3v) is 9.10. The first kappa shape index (κ1) is 37.5. The number of rotatable bonds is 7. The van der Waals surface area contributed by atoms with Crippen molar-refractivity contribution in [3.05, 3.63) is 128 Å². The minimum absolute atomic E-state index is 0.0952. The highest BCUT2D eigenvalue weighted by Gasteiger charge is 2.34. The maximum atomic E-state index is 13.1. The van der Waals surface area contributed by atoms with Gasteiger partial charge in [-0.25, -0.2) is 4.85 Å².